The van der Waals surface area contributed by atoms with Gasteiger partial charge in [-0.15, -0.1) is 0 Å². The first-order chi connectivity index (χ1) is 12.4. The Morgan fingerprint density at radius 3 is 0.643 bits per heavy atom. The molecule has 0 aliphatic heterocycles. The van der Waals surface area contributed by atoms with Gasteiger partial charge in [0.25, 0.3) is 0 Å². The molecule has 0 aromatic carbocycles. The third kappa shape index (κ3) is 29.4. The molecule has 0 saturated heterocycles. The molecule has 1 radical (unpaired) electrons. The zero-order valence-corrected chi connectivity index (χ0v) is 21.7. The van der Waals surface area contributed by atoms with Crippen molar-refractivity contribution < 1.29 is 81.4 Å². The molecule has 0 aromatic heterocycles. The normalized spacial score (nSPS) is 11.5. The molecule has 0 saturated carbocycles. The SMILES string of the molecule is CCOP(=O)(O)OCC.CCOP(=O)(O)OCC.CCOP(=O)(O)OCC.[Sc]. The van der Waals surface area contributed by atoms with Gasteiger partial charge in [0.05, 0.1) is 39.6 Å². The predicted octanol–water partition coefficient (Wildman–Crippen LogP) is 3.48. The number of phosphoric ester groups is 3. The molecule has 28 heavy (non-hydrogen) atoms. The Bertz CT molecular complexity index is 382. The summed E-state index contributed by atoms with van der Waals surface area (Å²) in [7, 11) is -11.1. The second-order valence-electron chi connectivity index (χ2n) is 3.91. The van der Waals surface area contributed by atoms with E-state index >= 15 is 0 Å². The van der Waals surface area contributed by atoms with Gasteiger partial charge in [0, 0.05) is 25.8 Å². The van der Waals surface area contributed by atoms with Crippen LogP contribution in [0, 0.1) is 0 Å². The van der Waals surface area contributed by atoms with E-state index in [2.05, 4.69) is 27.1 Å². The van der Waals surface area contributed by atoms with E-state index in [1.54, 1.807) is 41.5 Å². The van der Waals surface area contributed by atoms with E-state index < -0.39 is 23.5 Å². The van der Waals surface area contributed by atoms with E-state index in [1.165, 1.54) is 0 Å². The van der Waals surface area contributed by atoms with Gasteiger partial charge in [0.15, 0.2) is 0 Å². The average molecular weight is 507 g/mol. The molecule has 0 unspecified atom stereocenters. The Hall–Kier alpha value is 1.20. The zero-order chi connectivity index (χ0) is 22.0. The van der Waals surface area contributed by atoms with Gasteiger partial charge in [-0.25, -0.2) is 13.7 Å². The van der Waals surface area contributed by atoms with E-state index in [-0.39, 0.29) is 65.5 Å². The molecule has 0 aliphatic carbocycles. The molecular weight excluding hydrogens is 474 g/mol. The molecule has 3 N–H and O–H groups in total. The van der Waals surface area contributed by atoms with Crippen LogP contribution in [0.15, 0.2) is 0 Å². The summed E-state index contributed by atoms with van der Waals surface area (Å²) in [6.07, 6.45) is 0. The van der Waals surface area contributed by atoms with E-state index in [0.717, 1.165) is 0 Å². The second kappa shape index (κ2) is 21.4. The maximum atomic E-state index is 10.5. The minimum atomic E-state index is -3.69. The van der Waals surface area contributed by atoms with Gasteiger partial charge in [-0.2, -0.15) is 0 Å². The third-order valence-electron chi connectivity index (χ3n) is 1.75. The van der Waals surface area contributed by atoms with Gasteiger partial charge in [0.2, 0.25) is 0 Å². The number of rotatable bonds is 12. The maximum Gasteiger partial charge on any atom is 0.472 e. The van der Waals surface area contributed by atoms with Crippen molar-refractivity contribution in [3.8, 4) is 0 Å². The van der Waals surface area contributed by atoms with E-state index in [0.29, 0.717) is 0 Å². The average Bonchev–Trinajstić information content (AvgIpc) is 2.47. The molecule has 0 heterocycles. The molecule has 0 spiro atoms. The molecule has 0 bridgehead atoms. The van der Waals surface area contributed by atoms with Crippen LogP contribution in [0.5, 0.6) is 0 Å². The van der Waals surface area contributed by atoms with Crippen molar-refractivity contribution in [1.82, 2.24) is 0 Å². The van der Waals surface area contributed by atoms with Gasteiger partial charge in [-0.3, -0.25) is 27.1 Å². The first-order valence-electron chi connectivity index (χ1n) is 8.22. The van der Waals surface area contributed by atoms with Crippen molar-refractivity contribution in [1.29, 1.82) is 0 Å². The number of hydrogen-bond acceptors (Lipinski definition) is 9. The molecule has 171 valence electrons. The third-order valence-corrected chi connectivity index (χ3v) is 5.26. The van der Waals surface area contributed by atoms with Crippen LogP contribution in [0.2, 0.25) is 0 Å². The molecule has 0 amide bonds. The Morgan fingerprint density at radius 2 is 0.571 bits per heavy atom. The second-order valence-corrected chi connectivity index (χ2v) is 8.27. The van der Waals surface area contributed by atoms with Crippen LogP contribution in [0.4, 0.5) is 0 Å². The van der Waals surface area contributed by atoms with Crippen LogP contribution >= 0.6 is 23.5 Å². The summed E-state index contributed by atoms with van der Waals surface area (Å²) >= 11 is 0. The summed E-state index contributed by atoms with van der Waals surface area (Å²) < 4.78 is 57.7. The molecular formula is C12H33O12P3Sc. The van der Waals surface area contributed by atoms with E-state index in [4.69, 9.17) is 14.7 Å². The first kappa shape index (κ1) is 36.6. The Labute approximate surface area is 185 Å². The molecule has 0 aliphatic rings. The number of phosphoric acid groups is 3. The maximum absolute atomic E-state index is 10.5. The van der Waals surface area contributed by atoms with Crippen molar-refractivity contribution in [3.05, 3.63) is 0 Å². The minimum Gasteiger partial charge on any atom is -0.302 e. The van der Waals surface area contributed by atoms with Crippen molar-refractivity contribution in [2.75, 3.05) is 39.6 Å². The van der Waals surface area contributed by atoms with Crippen LogP contribution in [-0.2, 0) is 66.7 Å². The molecule has 12 nitrogen and oxygen atoms in total. The van der Waals surface area contributed by atoms with Crippen LogP contribution in [0.25, 0.3) is 0 Å². The van der Waals surface area contributed by atoms with Crippen LogP contribution in [-0.4, -0.2) is 54.3 Å². The molecule has 0 atom stereocenters. The summed E-state index contributed by atoms with van der Waals surface area (Å²) in [5.41, 5.74) is 0. The van der Waals surface area contributed by atoms with Crippen molar-refractivity contribution in [2.45, 2.75) is 41.5 Å². The Kier molecular flexibility index (Phi) is 28.0. The van der Waals surface area contributed by atoms with Gasteiger partial charge < -0.3 is 14.7 Å². The smallest absolute Gasteiger partial charge is 0.302 e. The summed E-state index contributed by atoms with van der Waals surface area (Å²) in [6.45, 7) is 10.9. The van der Waals surface area contributed by atoms with Crippen molar-refractivity contribution in [3.63, 3.8) is 0 Å². The summed E-state index contributed by atoms with van der Waals surface area (Å²) in [5.74, 6) is 0. The Morgan fingerprint density at radius 1 is 0.464 bits per heavy atom. The van der Waals surface area contributed by atoms with Crippen molar-refractivity contribution >= 4 is 23.5 Å². The predicted molar refractivity (Wildman–Crippen MR) is 99.2 cm³/mol. The quantitative estimate of drug-likeness (QED) is 0.330. The van der Waals surface area contributed by atoms with Crippen LogP contribution < -0.4 is 0 Å². The van der Waals surface area contributed by atoms with Crippen molar-refractivity contribution in [2.24, 2.45) is 0 Å². The van der Waals surface area contributed by atoms with Gasteiger partial charge in [-0.05, 0) is 41.5 Å². The molecule has 0 rings (SSSR count). The summed E-state index contributed by atoms with van der Waals surface area (Å²) in [5, 5.41) is 0. The molecule has 16 heteroatoms. The minimum absolute atomic E-state index is 0. The fourth-order valence-electron chi connectivity index (χ4n) is 1.09. The fraction of sp³-hybridized carbons (Fsp3) is 1.00. The van der Waals surface area contributed by atoms with Gasteiger partial charge in [-0.1, -0.05) is 0 Å². The summed E-state index contributed by atoms with van der Waals surface area (Å²) in [6, 6.07) is 0. The first-order valence-corrected chi connectivity index (χ1v) is 12.7. The topological polar surface area (TPSA) is 167 Å². The Balaban J connectivity index is -0.000000152. The summed E-state index contributed by atoms with van der Waals surface area (Å²) in [4.78, 5) is 25.9. The molecule has 0 aromatic rings. The van der Waals surface area contributed by atoms with Gasteiger partial charge in [0.1, 0.15) is 0 Å². The largest absolute Gasteiger partial charge is 0.472 e. The van der Waals surface area contributed by atoms with Crippen LogP contribution in [0.1, 0.15) is 41.5 Å². The van der Waals surface area contributed by atoms with Gasteiger partial charge >= 0.3 is 23.5 Å². The monoisotopic (exact) mass is 507 g/mol. The number of hydrogen-bond donors (Lipinski definition) is 3. The van der Waals surface area contributed by atoms with E-state index in [1.807, 2.05) is 0 Å². The molecule has 0 fully saturated rings. The fourth-order valence-corrected chi connectivity index (χ4v) is 3.27. The zero-order valence-electron chi connectivity index (χ0n) is 17.2. The van der Waals surface area contributed by atoms with E-state index in [9.17, 15) is 13.7 Å². The van der Waals surface area contributed by atoms with Crippen LogP contribution in [0.3, 0.4) is 0 Å². The standard InChI is InChI=1S/3C4H11O4P.Sc/c3*1-3-7-9(5,6)8-4-2;/h3*3-4H2,1-2H3,(H,5,6);.